The van der Waals surface area contributed by atoms with E-state index in [2.05, 4.69) is 15.5 Å². The number of nitrogens with zero attached hydrogens (tertiary/aromatic N) is 2. The molecule has 0 radical (unpaired) electrons. The van der Waals surface area contributed by atoms with E-state index in [0.717, 1.165) is 0 Å². The quantitative estimate of drug-likeness (QED) is 0.665. The Morgan fingerprint density at radius 3 is 2.71 bits per heavy atom. The van der Waals surface area contributed by atoms with Gasteiger partial charge in [-0.25, -0.2) is 0 Å². The summed E-state index contributed by atoms with van der Waals surface area (Å²) in [6.07, 6.45) is 1.96. The Labute approximate surface area is 146 Å². The van der Waals surface area contributed by atoms with Crippen LogP contribution in [0.5, 0.6) is 0 Å². The van der Waals surface area contributed by atoms with Gasteiger partial charge in [0.1, 0.15) is 0 Å². The molecule has 1 aromatic carbocycles. The third-order valence-corrected chi connectivity index (χ3v) is 3.76. The van der Waals surface area contributed by atoms with Crippen molar-refractivity contribution in [2.75, 3.05) is 11.1 Å². The Morgan fingerprint density at radius 1 is 1.29 bits per heavy atom. The highest BCUT2D eigenvalue weighted by Gasteiger charge is 2.13. The van der Waals surface area contributed by atoms with E-state index >= 15 is 0 Å². The van der Waals surface area contributed by atoms with Crippen LogP contribution < -0.4 is 11.1 Å². The number of carbonyl (C=O) groups excluding carboxylic acids is 1. The monoisotopic (exact) mass is 366 g/mol. The molecule has 0 unspecified atom stereocenters. The number of anilines is 2. The summed E-state index contributed by atoms with van der Waals surface area (Å²) in [6.45, 7) is 0. The molecule has 0 fully saturated rings. The van der Waals surface area contributed by atoms with Crippen LogP contribution in [0.4, 0.5) is 11.4 Å². The fourth-order valence-electron chi connectivity index (χ4n) is 1.96. The minimum atomic E-state index is -0.246. The topological polar surface area (TPSA) is 107 Å². The van der Waals surface area contributed by atoms with Crippen molar-refractivity contribution in [1.29, 1.82) is 0 Å². The summed E-state index contributed by atoms with van der Waals surface area (Å²) >= 11 is 11.8. The molecule has 3 rings (SSSR count). The maximum absolute atomic E-state index is 12.0. The second-order valence-electron chi connectivity index (χ2n) is 4.89. The van der Waals surface area contributed by atoms with Crippen molar-refractivity contribution in [3.63, 3.8) is 0 Å². The number of nitrogens with one attached hydrogen (secondary N) is 1. The van der Waals surface area contributed by atoms with E-state index in [1.807, 2.05) is 0 Å². The van der Waals surface area contributed by atoms with Crippen molar-refractivity contribution in [2.45, 2.75) is 12.8 Å². The lowest BCUT2D eigenvalue weighted by Gasteiger charge is -2.07. The largest absolute Gasteiger partial charge is 0.461 e. The van der Waals surface area contributed by atoms with Crippen molar-refractivity contribution in [3.8, 4) is 11.6 Å². The summed E-state index contributed by atoms with van der Waals surface area (Å²) in [4.78, 5) is 16.2. The van der Waals surface area contributed by atoms with E-state index in [1.54, 1.807) is 12.1 Å². The zero-order valence-electron chi connectivity index (χ0n) is 12.3. The molecular formula is C15H12Cl2N4O3. The Hall–Kier alpha value is -2.51. The number of aryl methyl sites for hydroxylation is 1. The summed E-state index contributed by atoms with van der Waals surface area (Å²) in [7, 11) is 0. The molecule has 3 aromatic rings. The van der Waals surface area contributed by atoms with Crippen molar-refractivity contribution in [3.05, 3.63) is 46.5 Å². The van der Waals surface area contributed by atoms with Crippen LogP contribution in [0.25, 0.3) is 11.6 Å². The molecule has 0 aliphatic heterocycles. The highest BCUT2D eigenvalue weighted by atomic mass is 35.5. The average Bonchev–Trinajstić information content (AvgIpc) is 3.21. The van der Waals surface area contributed by atoms with Crippen LogP contribution in [0.3, 0.4) is 0 Å². The second-order valence-corrected chi connectivity index (χ2v) is 5.71. The Bertz CT molecular complexity index is 838. The summed E-state index contributed by atoms with van der Waals surface area (Å²) in [6, 6.07) is 6.50. The number of amides is 1. The molecular weight excluding hydrogens is 355 g/mol. The van der Waals surface area contributed by atoms with Gasteiger partial charge in [-0.3, -0.25) is 4.79 Å². The number of rotatable bonds is 5. The fourth-order valence-corrected chi connectivity index (χ4v) is 2.45. The minimum absolute atomic E-state index is 0.152. The van der Waals surface area contributed by atoms with Gasteiger partial charge in [-0.05, 0) is 24.3 Å². The maximum Gasteiger partial charge on any atom is 0.238 e. The first-order chi connectivity index (χ1) is 11.5. The Kier molecular flexibility index (Phi) is 4.73. The first-order valence-corrected chi connectivity index (χ1v) is 7.69. The Morgan fingerprint density at radius 2 is 2.04 bits per heavy atom. The summed E-state index contributed by atoms with van der Waals surface area (Å²) in [5.41, 5.74) is 6.38. The van der Waals surface area contributed by atoms with Crippen molar-refractivity contribution < 1.29 is 13.7 Å². The standard InChI is InChI=1S/C15H12Cl2N4O3/c16-9-6-8(7-10(17)14(9)18)19-12(22)3-4-13-20-15(21-24-13)11-2-1-5-23-11/h1-2,5-7H,3-4,18H2,(H,19,22). The molecule has 0 saturated heterocycles. The highest BCUT2D eigenvalue weighted by molar-refractivity contribution is 6.39. The molecule has 9 heteroatoms. The molecule has 0 saturated carbocycles. The molecule has 2 heterocycles. The fraction of sp³-hybridized carbons (Fsp3) is 0.133. The van der Waals surface area contributed by atoms with Gasteiger partial charge in [-0.15, -0.1) is 0 Å². The number of nitrogens with two attached hydrogens (primary N) is 1. The zero-order chi connectivity index (χ0) is 17.1. The number of nitrogen functional groups attached to an aromatic ring is 1. The zero-order valence-corrected chi connectivity index (χ0v) is 13.8. The molecule has 24 heavy (non-hydrogen) atoms. The smallest absolute Gasteiger partial charge is 0.238 e. The van der Waals surface area contributed by atoms with Gasteiger partial charge in [0.2, 0.25) is 17.6 Å². The van der Waals surface area contributed by atoms with Gasteiger partial charge in [0.25, 0.3) is 0 Å². The van der Waals surface area contributed by atoms with Crippen molar-refractivity contribution >= 4 is 40.5 Å². The predicted octanol–water partition coefficient (Wildman–Crippen LogP) is 3.79. The van der Waals surface area contributed by atoms with Gasteiger partial charge in [0, 0.05) is 18.5 Å². The number of furan rings is 1. The molecule has 2 aromatic heterocycles. The normalized spacial score (nSPS) is 10.8. The molecule has 7 nitrogen and oxygen atoms in total. The number of hydrogen-bond donors (Lipinski definition) is 2. The second kappa shape index (κ2) is 6.94. The van der Waals surface area contributed by atoms with E-state index in [4.69, 9.17) is 37.9 Å². The van der Waals surface area contributed by atoms with E-state index in [1.165, 1.54) is 18.4 Å². The number of carbonyl (C=O) groups is 1. The van der Waals surface area contributed by atoms with Gasteiger partial charge < -0.3 is 20.0 Å². The number of hydrogen-bond acceptors (Lipinski definition) is 6. The SMILES string of the molecule is Nc1c(Cl)cc(NC(=O)CCc2nc(-c3ccco3)no2)cc1Cl. The molecule has 3 N–H and O–H groups in total. The third kappa shape index (κ3) is 3.69. The van der Waals surface area contributed by atoms with E-state index < -0.39 is 0 Å². The first kappa shape index (κ1) is 16.4. The van der Waals surface area contributed by atoms with Crippen LogP contribution in [0.1, 0.15) is 12.3 Å². The van der Waals surface area contributed by atoms with Crippen LogP contribution in [0, 0.1) is 0 Å². The first-order valence-electron chi connectivity index (χ1n) is 6.94. The Balaban J connectivity index is 1.58. The van der Waals surface area contributed by atoms with Crippen LogP contribution in [0.2, 0.25) is 10.0 Å². The van der Waals surface area contributed by atoms with Crippen LogP contribution in [-0.2, 0) is 11.2 Å². The van der Waals surface area contributed by atoms with Crippen LogP contribution >= 0.6 is 23.2 Å². The number of aromatic nitrogens is 2. The summed E-state index contributed by atoms with van der Waals surface area (Å²) in [5, 5.41) is 7.03. The van der Waals surface area contributed by atoms with Gasteiger partial charge in [0.15, 0.2) is 5.76 Å². The summed E-state index contributed by atoms with van der Waals surface area (Å²) < 4.78 is 10.3. The van der Waals surface area contributed by atoms with E-state index in [9.17, 15) is 4.79 Å². The highest BCUT2D eigenvalue weighted by Crippen LogP contribution is 2.31. The minimum Gasteiger partial charge on any atom is -0.461 e. The van der Waals surface area contributed by atoms with E-state index in [0.29, 0.717) is 23.2 Å². The molecule has 1 amide bonds. The lowest BCUT2D eigenvalue weighted by atomic mass is 10.2. The molecule has 0 aliphatic carbocycles. The van der Waals surface area contributed by atoms with Crippen LogP contribution in [0.15, 0.2) is 39.5 Å². The molecule has 124 valence electrons. The molecule has 0 spiro atoms. The predicted molar refractivity (Wildman–Crippen MR) is 89.8 cm³/mol. The molecule has 0 bridgehead atoms. The van der Waals surface area contributed by atoms with Gasteiger partial charge >= 0.3 is 0 Å². The lowest BCUT2D eigenvalue weighted by Crippen LogP contribution is -2.12. The number of halogens is 2. The van der Waals surface area contributed by atoms with Gasteiger partial charge in [-0.2, -0.15) is 4.98 Å². The van der Waals surface area contributed by atoms with Gasteiger partial charge in [0.05, 0.1) is 22.0 Å². The average molecular weight is 367 g/mol. The molecule has 0 aliphatic rings. The lowest BCUT2D eigenvalue weighted by molar-refractivity contribution is -0.116. The van der Waals surface area contributed by atoms with Crippen molar-refractivity contribution in [2.24, 2.45) is 0 Å². The van der Waals surface area contributed by atoms with Crippen LogP contribution in [-0.4, -0.2) is 16.0 Å². The maximum atomic E-state index is 12.0. The molecule has 0 atom stereocenters. The number of benzene rings is 1. The summed E-state index contributed by atoms with van der Waals surface area (Å²) in [5.74, 6) is 0.933. The third-order valence-electron chi connectivity index (χ3n) is 3.14. The van der Waals surface area contributed by atoms with E-state index in [-0.39, 0.29) is 34.5 Å². The van der Waals surface area contributed by atoms with Gasteiger partial charge in [-0.1, -0.05) is 28.4 Å². The van der Waals surface area contributed by atoms with Crippen molar-refractivity contribution in [1.82, 2.24) is 10.1 Å².